The average molecular weight is 334 g/mol. The molecule has 0 aromatic heterocycles. The van der Waals surface area contributed by atoms with Crippen LogP contribution in [0.4, 0.5) is 0 Å². The Bertz CT molecular complexity index is 783. The van der Waals surface area contributed by atoms with E-state index in [1.165, 1.54) is 18.4 Å². The first-order chi connectivity index (χ1) is 12.3. The first-order valence-corrected chi connectivity index (χ1v) is 8.93. The third kappa shape index (κ3) is 3.62. The molecule has 2 aliphatic rings. The van der Waals surface area contributed by atoms with Crippen molar-refractivity contribution in [2.45, 2.75) is 24.9 Å². The fraction of sp³-hybridized carbons (Fsp3) is 0.381. The molecule has 2 aromatic rings. The van der Waals surface area contributed by atoms with E-state index in [0.29, 0.717) is 12.5 Å². The van der Waals surface area contributed by atoms with Crippen LogP contribution in [-0.2, 0) is 0 Å². The quantitative estimate of drug-likeness (QED) is 0.861. The van der Waals surface area contributed by atoms with Gasteiger partial charge in [-0.05, 0) is 55.1 Å². The van der Waals surface area contributed by atoms with Crippen molar-refractivity contribution in [1.82, 2.24) is 4.90 Å². The van der Waals surface area contributed by atoms with Gasteiger partial charge in [-0.1, -0.05) is 24.3 Å². The van der Waals surface area contributed by atoms with Crippen LogP contribution in [0.3, 0.4) is 0 Å². The van der Waals surface area contributed by atoms with Crippen LogP contribution in [0.2, 0.25) is 0 Å². The number of ether oxygens (including phenoxy) is 2. The Morgan fingerprint density at radius 2 is 2.00 bits per heavy atom. The molecule has 0 spiro atoms. The summed E-state index contributed by atoms with van der Waals surface area (Å²) < 4.78 is 11.9. The summed E-state index contributed by atoms with van der Waals surface area (Å²) in [6, 6.07) is 18.1. The number of hydrogen-bond donors (Lipinski definition) is 0. The Morgan fingerprint density at radius 3 is 2.88 bits per heavy atom. The summed E-state index contributed by atoms with van der Waals surface area (Å²) >= 11 is 0. The minimum Gasteiger partial charge on any atom is -0.486 e. The van der Waals surface area contributed by atoms with E-state index in [-0.39, 0.29) is 6.10 Å². The maximum atomic E-state index is 9.12. The van der Waals surface area contributed by atoms with Crippen LogP contribution in [-0.4, -0.2) is 37.2 Å². The van der Waals surface area contributed by atoms with Crippen molar-refractivity contribution in [2.24, 2.45) is 0 Å². The lowest BCUT2D eigenvalue weighted by Gasteiger charge is -2.36. The van der Waals surface area contributed by atoms with Crippen molar-refractivity contribution < 1.29 is 9.47 Å². The fourth-order valence-electron chi connectivity index (χ4n) is 3.80. The van der Waals surface area contributed by atoms with Crippen molar-refractivity contribution in [3.05, 3.63) is 59.7 Å². The number of para-hydroxylation sites is 2. The summed E-state index contributed by atoms with van der Waals surface area (Å²) in [5, 5.41) is 9.12. The Balaban J connectivity index is 1.40. The van der Waals surface area contributed by atoms with Gasteiger partial charge in [0.05, 0.1) is 11.6 Å². The van der Waals surface area contributed by atoms with Gasteiger partial charge < -0.3 is 9.47 Å². The molecule has 128 valence electrons. The zero-order chi connectivity index (χ0) is 17.1. The van der Waals surface area contributed by atoms with Crippen LogP contribution in [0.25, 0.3) is 0 Å². The minimum atomic E-state index is 0.0686. The number of rotatable bonds is 3. The predicted molar refractivity (Wildman–Crippen MR) is 95.9 cm³/mol. The van der Waals surface area contributed by atoms with Crippen LogP contribution < -0.4 is 9.47 Å². The van der Waals surface area contributed by atoms with Gasteiger partial charge in [0.25, 0.3) is 0 Å². The van der Waals surface area contributed by atoms with Gasteiger partial charge in [-0.2, -0.15) is 5.26 Å². The molecule has 25 heavy (non-hydrogen) atoms. The number of nitrogens with zero attached hydrogens (tertiary/aromatic N) is 2. The summed E-state index contributed by atoms with van der Waals surface area (Å²) in [6.45, 7) is 3.58. The maximum Gasteiger partial charge on any atom is 0.161 e. The molecule has 4 rings (SSSR count). The molecule has 0 N–H and O–H groups in total. The molecule has 0 aliphatic carbocycles. The highest BCUT2D eigenvalue weighted by Gasteiger charge is 2.27. The van der Waals surface area contributed by atoms with Crippen LogP contribution >= 0.6 is 0 Å². The van der Waals surface area contributed by atoms with Gasteiger partial charge in [-0.3, -0.25) is 4.90 Å². The third-order valence-electron chi connectivity index (χ3n) is 5.02. The van der Waals surface area contributed by atoms with Crippen LogP contribution in [0.1, 0.15) is 29.9 Å². The first kappa shape index (κ1) is 16.0. The lowest BCUT2D eigenvalue weighted by molar-refractivity contribution is 0.0505. The Morgan fingerprint density at radius 1 is 1.12 bits per heavy atom. The fourth-order valence-corrected chi connectivity index (χ4v) is 3.80. The number of hydrogen-bond acceptors (Lipinski definition) is 4. The monoisotopic (exact) mass is 334 g/mol. The van der Waals surface area contributed by atoms with Crippen molar-refractivity contribution in [1.29, 1.82) is 5.26 Å². The number of piperidine rings is 1. The van der Waals surface area contributed by atoms with E-state index in [0.717, 1.165) is 36.7 Å². The largest absolute Gasteiger partial charge is 0.486 e. The standard InChI is InChI=1S/C21H22N2O2/c22-12-16-5-3-6-17(11-16)18-7-4-10-23(13-18)14-19-15-24-20-8-1-2-9-21(20)25-19/h1-3,5-6,8-9,11,18-19H,4,7,10,13-15H2. The summed E-state index contributed by atoms with van der Waals surface area (Å²) in [6.07, 6.45) is 2.42. The molecule has 1 fully saturated rings. The molecule has 2 unspecified atom stereocenters. The molecule has 4 heteroatoms. The van der Waals surface area contributed by atoms with Gasteiger partial charge in [0.1, 0.15) is 12.7 Å². The van der Waals surface area contributed by atoms with Gasteiger partial charge in [0, 0.05) is 13.1 Å². The molecule has 0 amide bonds. The van der Waals surface area contributed by atoms with E-state index < -0.39 is 0 Å². The molecule has 4 nitrogen and oxygen atoms in total. The molecule has 2 heterocycles. The second-order valence-corrected chi connectivity index (χ2v) is 6.83. The summed E-state index contributed by atoms with van der Waals surface area (Å²) in [7, 11) is 0. The SMILES string of the molecule is N#Cc1cccc(C2CCCN(CC3COc4ccccc4O3)C2)c1. The van der Waals surface area contributed by atoms with Crippen LogP contribution in [0, 0.1) is 11.3 Å². The highest BCUT2D eigenvalue weighted by atomic mass is 16.6. The molecule has 0 bridgehead atoms. The van der Waals surface area contributed by atoms with Crippen molar-refractivity contribution >= 4 is 0 Å². The molecule has 1 saturated heterocycles. The minimum absolute atomic E-state index is 0.0686. The van der Waals surface area contributed by atoms with E-state index >= 15 is 0 Å². The van der Waals surface area contributed by atoms with E-state index in [1.807, 2.05) is 42.5 Å². The Hall–Kier alpha value is -2.51. The molecule has 0 saturated carbocycles. The van der Waals surface area contributed by atoms with Crippen molar-refractivity contribution in [2.75, 3.05) is 26.2 Å². The van der Waals surface area contributed by atoms with Crippen LogP contribution in [0.15, 0.2) is 48.5 Å². The molecular weight excluding hydrogens is 312 g/mol. The van der Waals surface area contributed by atoms with E-state index in [1.54, 1.807) is 0 Å². The topological polar surface area (TPSA) is 45.5 Å². The number of nitriles is 1. The van der Waals surface area contributed by atoms with Gasteiger partial charge in [-0.25, -0.2) is 0 Å². The Labute approximate surface area is 148 Å². The highest BCUT2D eigenvalue weighted by Crippen LogP contribution is 2.32. The third-order valence-corrected chi connectivity index (χ3v) is 5.02. The molecule has 2 atom stereocenters. The van der Waals surface area contributed by atoms with E-state index in [2.05, 4.69) is 17.0 Å². The lowest BCUT2D eigenvalue weighted by atomic mass is 9.89. The van der Waals surface area contributed by atoms with Crippen molar-refractivity contribution in [3.8, 4) is 17.6 Å². The zero-order valence-corrected chi connectivity index (χ0v) is 14.2. The average Bonchev–Trinajstić information content (AvgIpc) is 2.68. The summed E-state index contributed by atoms with van der Waals surface area (Å²) in [5.74, 6) is 2.16. The molecule has 2 aliphatic heterocycles. The van der Waals surface area contributed by atoms with Gasteiger partial charge in [0.2, 0.25) is 0 Å². The number of benzene rings is 2. The molecule has 2 aromatic carbocycles. The zero-order valence-electron chi connectivity index (χ0n) is 14.2. The first-order valence-electron chi connectivity index (χ1n) is 8.93. The van der Waals surface area contributed by atoms with Crippen LogP contribution in [0.5, 0.6) is 11.5 Å². The van der Waals surface area contributed by atoms with Crippen molar-refractivity contribution in [3.63, 3.8) is 0 Å². The predicted octanol–water partition coefficient (Wildman–Crippen LogP) is 3.58. The second kappa shape index (κ2) is 7.16. The smallest absolute Gasteiger partial charge is 0.161 e. The molecule has 0 radical (unpaired) electrons. The van der Waals surface area contributed by atoms with E-state index in [9.17, 15) is 0 Å². The Kier molecular flexibility index (Phi) is 4.58. The normalized spacial score (nSPS) is 23.0. The van der Waals surface area contributed by atoms with Gasteiger partial charge in [-0.15, -0.1) is 0 Å². The van der Waals surface area contributed by atoms with E-state index in [4.69, 9.17) is 14.7 Å². The molecular formula is C21H22N2O2. The van der Waals surface area contributed by atoms with Gasteiger partial charge >= 0.3 is 0 Å². The second-order valence-electron chi connectivity index (χ2n) is 6.83. The number of fused-ring (bicyclic) bond motifs is 1. The van der Waals surface area contributed by atoms with Gasteiger partial charge in [0.15, 0.2) is 11.5 Å². The summed E-state index contributed by atoms with van der Waals surface area (Å²) in [4.78, 5) is 2.47. The number of likely N-dealkylation sites (tertiary alicyclic amines) is 1. The summed E-state index contributed by atoms with van der Waals surface area (Å²) in [5.41, 5.74) is 2.02. The lowest BCUT2D eigenvalue weighted by Crippen LogP contribution is -2.44. The maximum absolute atomic E-state index is 9.12. The highest BCUT2D eigenvalue weighted by molar-refractivity contribution is 5.40.